The van der Waals surface area contributed by atoms with Gasteiger partial charge in [0.1, 0.15) is 6.61 Å². The fourth-order valence-corrected chi connectivity index (χ4v) is 5.78. The van der Waals surface area contributed by atoms with E-state index in [1.807, 2.05) is 0 Å². The van der Waals surface area contributed by atoms with E-state index in [4.69, 9.17) is 14.2 Å². The number of carbonyl (C=O) groups excluding carboxylic acids is 2. The van der Waals surface area contributed by atoms with Crippen LogP contribution in [0.15, 0.2) is 97.2 Å². The highest BCUT2D eigenvalue weighted by atomic mass is 16.6. The first kappa shape index (κ1) is 52.8. The van der Waals surface area contributed by atoms with Crippen molar-refractivity contribution in [1.29, 1.82) is 0 Å². The van der Waals surface area contributed by atoms with Crippen LogP contribution in [0.3, 0.4) is 0 Å². The van der Waals surface area contributed by atoms with Crippen LogP contribution in [0.5, 0.6) is 0 Å². The quantitative estimate of drug-likeness (QED) is 0.0352. The highest BCUT2D eigenvalue weighted by Gasteiger charge is 2.17. The van der Waals surface area contributed by atoms with E-state index in [1.165, 1.54) is 32.1 Å². The van der Waals surface area contributed by atoms with Crippen LogP contribution in [0.1, 0.15) is 188 Å². The van der Waals surface area contributed by atoms with Gasteiger partial charge in [-0.2, -0.15) is 0 Å². The van der Waals surface area contributed by atoms with Crippen molar-refractivity contribution in [3.63, 3.8) is 0 Å². The van der Waals surface area contributed by atoms with Gasteiger partial charge in [0.2, 0.25) is 0 Å². The molecular weight excluding hydrogens is 693 g/mol. The average Bonchev–Trinajstić information content (AvgIpc) is 3.20. The van der Waals surface area contributed by atoms with Crippen LogP contribution < -0.4 is 0 Å². The van der Waals surface area contributed by atoms with E-state index in [1.54, 1.807) is 0 Å². The zero-order valence-corrected chi connectivity index (χ0v) is 36.4. The van der Waals surface area contributed by atoms with Crippen LogP contribution in [0.4, 0.5) is 0 Å². The van der Waals surface area contributed by atoms with Crippen molar-refractivity contribution in [1.82, 2.24) is 0 Å². The number of carbonyl (C=O) groups is 2. The molecule has 0 saturated heterocycles. The molecule has 0 spiro atoms. The van der Waals surface area contributed by atoms with Crippen LogP contribution in [0.25, 0.3) is 0 Å². The summed E-state index contributed by atoms with van der Waals surface area (Å²) >= 11 is 0. The van der Waals surface area contributed by atoms with Crippen molar-refractivity contribution in [3.05, 3.63) is 97.2 Å². The van der Waals surface area contributed by atoms with Gasteiger partial charge in [-0.25, -0.2) is 0 Å². The molecule has 0 bridgehead atoms. The fraction of sp³-hybridized carbons (Fsp3) is 0.647. The van der Waals surface area contributed by atoms with Crippen molar-refractivity contribution in [2.45, 2.75) is 194 Å². The third-order valence-corrected chi connectivity index (χ3v) is 9.12. The molecule has 318 valence electrons. The second kappa shape index (κ2) is 46.2. The molecule has 5 nitrogen and oxygen atoms in total. The average molecular weight is 777 g/mol. The summed E-state index contributed by atoms with van der Waals surface area (Å²) in [7, 11) is 0. The molecule has 5 heteroatoms. The number of rotatable bonds is 40. The number of unbranched alkanes of at least 4 members (excludes halogenated alkanes) is 13. The predicted molar refractivity (Wildman–Crippen MR) is 242 cm³/mol. The lowest BCUT2D eigenvalue weighted by molar-refractivity contribution is -0.163. The van der Waals surface area contributed by atoms with Crippen LogP contribution in [0.2, 0.25) is 0 Å². The largest absolute Gasteiger partial charge is 0.462 e. The Kier molecular flexibility index (Phi) is 43.6. The molecule has 56 heavy (non-hydrogen) atoms. The second-order valence-corrected chi connectivity index (χ2v) is 14.5. The smallest absolute Gasteiger partial charge is 0.306 e. The summed E-state index contributed by atoms with van der Waals surface area (Å²) in [6.45, 7) is 7.43. The number of ether oxygens (including phenoxy) is 3. The summed E-state index contributed by atoms with van der Waals surface area (Å²) in [5.41, 5.74) is 0. The van der Waals surface area contributed by atoms with E-state index in [-0.39, 0.29) is 25.2 Å². The predicted octanol–water partition coefficient (Wildman–Crippen LogP) is 15.1. The number of hydrogen-bond acceptors (Lipinski definition) is 5. The van der Waals surface area contributed by atoms with Crippen molar-refractivity contribution in [2.24, 2.45) is 0 Å². The molecule has 0 aromatic rings. The zero-order chi connectivity index (χ0) is 40.7. The summed E-state index contributed by atoms with van der Waals surface area (Å²) in [6, 6.07) is 0. The maximum atomic E-state index is 12.5. The first-order valence-electron chi connectivity index (χ1n) is 22.8. The topological polar surface area (TPSA) is 61.8 Å². The monoisotopic (exact) mass is 777 g/mol. The van der Waals surface area contributed by atoms with Crippen molar-refractivity contribution in [2.75, 3.05) is 19.8 Å². The Morgan fingerprint density at radius 2 is 0.804 bits per heavy atom. The molecule has 0 saturated carbocycles. The van der Waals surface area contributed by atoms with Gasteiger partial charge in [0.05, 0.1) is 6.61 Å². The summed E-state index contributed by atoms with van der Waals surface area (Å²) < 4.78 is 17.2. The maximum Gasteiger partial charge on any atom is 0.306 e. The van der Waals surface area contributed by atoms with E-state index in [0.29, 0.717) is 19.4 Å². The highest BCUT2D eigenvalue weighted by molar-refractivity contribution is 5.70. The van der Waals surface area contributed by atoms with Gasteiger partial charge in [-0.3, -0.25) is 9.59 Å². The SMILES string of the molecule is CC/C=C\C/C=C\C/C=C\C/C=C\C/C=C\CCCCCCOCC(COC(=O)CCCCCCC/C=C\C/C=C\C/C=C\CC)OC(=O)CCCCCCC. The molecular formula is C51H84O5. The number of esters is 2. The van der Waals surface area contributed by atoms with Gasteiger partial charge in [-0.1, -0.05) is 176 Å². The molecule has 1 atom stereocenters. The second-order valence-electron chi connectivity index (χ2n) is 14.5. The first-order chi connectivity index (χ1) is 27.6. The molecule has 0 fully saturated rings. The number of allylic oxidation sites excluding steroid dienone is 16. The van der Waals surface area contributed by atoms with Gasteiger partial charge < -0.3 is 14.2 Å². The molecule has 0 heterocycles. The van der Waals surface area contributed by atoms with Crippen LogP contribution in [0, 0.1) is 0 Å². The lowest BCUT2D eigenvalue weighted by Crippen LogP contribution is -2.30. The van der Waals surface area contributed by atoms with E-state index in [0.717, 1.165) is 122 Å². The standard InChI is InChI=1S/C51H84O5/c1-4-7-10-13-15-17-19-21-23-24-25-26-27-29-31-33-35-37-40-43-46-54-47-49(56-51(53)45-42-38-12-9-6-3)48-55-50(52)44-41-39-36-34-32-30-28-22-20-18-16-14-11-8-5-2/h7-8,10-11,15-18,21-23,25-26,28-29,31,49H,4-6,9,12-14,19-20,24,27,30,32-48H2,1-3H3/b10-7-,11-8-,17-15-,18-16-,23-21-,26-25-,28-22-,31-29-. The normalized spacial score (nSPS) is 13.1. The number of hydrogen-bond donors (Lipinski definition) is 0. The molecule has 0 N–H and O–H groups in total. The lowest BCUT2D eigenvalue weighted by Gasteiger charge is -2.18. The molecule has 0 radical (unpaired) electrons. The van der Waals surface area contributed by atoms with Crippen LogP contribution in [-0.2, 0) is 23.8 Å². The Balaban J connectivity index is 4.16. The van der Waals surface area contributed by atoms with Gasteiger partial charge in [0, 0.05) is 19.4 Å². The molecule has 0 aromatic carbocycles. The Labute approximate surface area is 345 Å². The van der Waals surface area contributed by atoms with E-state index in [2.05, 4.69) is 118 Å². The molecule has 0 aliphatic heterocycles. The molecule has 0 aliphatic carbocycles. The third-order valence-electron chi connectivity index (χ3n) is 9.12. The fourth-order valence-electron chi connectivity index (χ4n) is 5.78. The lowest BCUT2D eigenvalue weighted by atomic mass is 10.1. The van der Waals surface area contributed by atoms with E-state index >= 15 is 0 Å². The summed E-state index contributed by atoms with van der Waals surface area (Å²) in [6.07, 6.45) is 61.5. The molecule has 0 amide bonds. The minimum atomic E-state index is -0.557. The maximum absolute atomic E-state index is 12.5. The Morgan fingerprint density at radius 1 is 0.411 bits per heavy atom. The van der Waals surface area contributed by atoms with Gasteiger partial charge in [0.25, 0.3) is 0 Å². The Morgan fingerprint density at radius 3 is 1.29 bits per heavy atom. The van der Waals surface area contributed by atoms with Crippen LogP contribution >= 0.6 is 0 Å². The van der Waals surface area contributed by atoms with Gasteiger partial charge in [0.15, 0.2) is 6.10 Å². The van der Waals surface area contributed by atoms with Crippen LogP contribution in [-0.4, -0.2) is 37.9 Å². The van der Waals surface area contributed by atoms with Crippen molar-refractivity contribution in [3.8, 4) is 0 Å². The minimum Gasteiger partial charge on any atom is -0.462 e. The highest BCUT2D eigenvalue weighted by Crippen LogP contribution is 2.11. The van der Waals surface area contributed by atoms with Gasteiger partial charge in [-0.15, -0.1) is 0 Å². The third kappa shape index (κ3) is 43.5. The van der Waals surface area contributed by atoms with Gasteiger partial charge in [-0.05, 0) is 96.3 Å². The molecule has 1 unspecified atom stereocenters. The first-order valence-corrected chi connectivity index (χ1v) is 22.8. The molecule has 0 aromatic heterocycles. The minimum absolute atomic E-state index is 0.0601. The summed E-state index contributed by atoms with van der Waals surface area (Å²) in [5.74, 6) is -0.452. The van der Waals surface area contributed by atoms with Crippen molar-refractivity contribution < 1.29 is 23.8 Å². The summed E-state index contributed by atoms with van der Waals surface area (Å²) in [5, 5.41) is 0. The summed E-state index contributed by atoms with van der Waals surface area (Å²) in [4.78, 5) is 25.0. The van der Waals surface area contributed by atoms with Crippen molar-refractivity contribution >= 4 is 11.9 Å². The Bertz CT molecular complexity index is 1110. The van der Waals surface area contributed by atoms with E-state index < -0.39 is 6.10 Å². The molecule has 0 rings (SSSR count). The Hall–Kier alpha value is -3.18. The zero-order valence-electron chi connectivity index (χ0n) is 36.4. The van der Waals surface area contributed by atoms with E-state index in [9.17, 15) is 9.59 Å². The molecule has 0 aliphatic rings. The van der Waals surface area contributed by atoms with Gasteiger partial charge >= 0.3 is 11.9 Å².